The molecule has 0 spiro atoms. The zero-order chi connectivity index (χ0) is 22.8. The molecule has 1 heterocycles. The highest BCUT2D eigenvalue weighted by Crippen LogP contribution is 2.42. The summed E-state index contributed by atoms with van der Waals surface area (Å²) in [5.41, 5.74) is 2.79. The SMILES string of the molecule is CC(C)C(=O)Nc1ccc(O)c(-c2cc(C3CC3)n(C(=O)NCc3cccc(F)c3)n2)c1. The molecule has 1 aliphatic carbocycles. The summed E-state index contributed by atoms with van der Waals surface area (Å²) in [5, 5.41) is 20.4. The van der Waals surface area contributed by atoms with Gasteiger partial charge < -0.3 is 15.7 Å². The number of phenolic OH excluding ortho intramolecular Hbond substituents is 1. The summed E-state index contributed by atoms with van der Waals surface area (Å²) in [4.78, 5) is 24.9. The van der Waals surface area contributed by atoms with Gasteiger partial charge in [0.25, 0.3) is 0 Å². The fourth-order valence-electron chi connectivity index (χ4n) is 3.36. The molecule has 1 fully saturated rings. The summed E-state index contributed by atoms with van der Waals surface area (Å²) < 4.78 is 14.7. The highest BCUT2D eigenvalue weighted by molar-refractivity contribution is 5.93. The lowest BCUT2D eigenvalue weighted by molar-refractivity contribution is -0.118. The Morgan fingerprint density at radius 2 is 1.97 bits per heavy atom. The predicted octanol–water partition coefficient (Wildman–Crippen LogP) is 4.62. The molecule has 2 aromatic carbocycles. The molecule has 3 N–H and O–H groups in total. The van der Waals surface area contributed by atoms with Gasteiger partial charge >= 0.3 is 6.03 Å². The van der Waals surface area contributed by atoms with Crippen molar-refractivity contribution in [3.8, 4) is 17.0 Å². The number of rotatable bonds is 6. The number of halogens is 1. The molecule has 0 unspecified atom stereocenters. The Balaban J connectivity index is 1.59. The van der Waals surface area contributed by atoms with Crippen LogP contribution in [0, 0.1) is 11.7 Å². The number of nitrogens with one attached hydrogen (secondary N) is 2. The molecule has 0 saturated heterocycles. The van der Waals surface area contributed by atoms with Crippen LogP contribution in [-0.2, 0) is 11.3 Å². The molecule has 1 saturated carbocycles. The van der Waals surface area contributed by atoms with Crippen molar-refractivity contribution in [3.63, 3.8) is 0 Å². The molecule has 166 valence electrons. The highest BCUT2D eigenvalue weighted by atomic mass is 19.1. The summed E-state index contributed by atoms with van der Waals surface area (Å²) in [6.45, 7) is 3.75. The Hall–Kier alpha value is -3.68. The van der Waals surface area contributed by atoms with Crippen molar-refractivity contribution in [2.75, 3.05) is 5.32 Å². The van der Waals surface area contributed by atoms with E-state index in [1.807, 2.05) is 0 Å². The fraction of sp³-hybridized carbons (Fsp3) is 0.292. The van der Waals surface area contributed by atoms with E-state index in [1.54, 1.807) is 44.2 Å². The van der Waals surface area contributed by atoms with Gasteiger partial charge in [-0.3, -0.25) is 4.79 Å². The molecule has 4 rings (SSSR count). The van der Waals surface area contributed by atoms with Crippen molar-refractivity contribution in [2.45, 2.75) is 39.2 Å². The maximum atomic E-state index is 13.4. The van der Waals surface area contributed by atoms with E-state index in [9.17, 15) is 19.1 Å². The van der Waals surface area contributed by atoms with Gasteiger partial charge in [0.2, 0.25) is 5.91 Å². The predicted molar refractivity (Wildman–Crippen MR) is 119 cm³/mol. The number of benzene rings is 2. The third-order valence-corrected chi connectivity index (χ3v) is 5.32. The van der Waals surface area contributed by atoms with E-state index in [0.717, 1.165) is 18.5 Å². The number of amides is 2. The molecule has 0 bridgehead atoms. The first kappa shape index (κ1) is 21.5. The zero-order valence-corrected chi connectivity index (χ0v) is 17.9. The van der Waals surface area contributed by atoms with Gasteiger partial charge in [-0.2, -0.15) is 9.78 Å². The monoisotopic (exact) mass is 436 g/mol. The van der Waals surface area contributed by atoms with E-state index in [2.05, 4.69) is 15.7 Å². The third-order valence-electron chi connectivity index (χ3n) is 5.32. The van der Waals surface area contributed by atoms with Crippen LogP contribution in [-0.4, -0.2) is 26.8 Å². The molecule has 2 amide bonds. The van der Waals surface area contributed by atoms with Crippen LogP contribution in [0.2, 0.25) is 0 Å². The second-order valence-corrected chi connectivity index (χ2v) is 8.31. The molecule has 8 heteroatoms. The molecular formula is C24H25FN4O3. The van der Waals surface area contributed by atoms with Gasteiger partial charge in [0.1, 0.15) is 11.6 Å². The first-order valence-corrected chi connectivity index (χ1v) is 10.6. The lowest BCUT2D eigenvalue weighted by atomic mass is 10.1. The van der Waals surface area contributed by atoms with E-state index in [0.29, 0.717) is 22.5 Å². The van der Waals surface area contributed by atoms with Crippen LogP contribution in [0.25, 0.3) is 11.3 Å². The summed E-state index contributed by atoms with van der Waals surface area (Å²) in [6.07, 6.45) is 1.91. The number of phenols is 1. The van der Waals surface area contributed by atoms with E-state index < -0.39 is 6.03 Å². The topological polar surface area (TPSA) is 96.2 Å². The van der Waals surface area contributed by atoms with Crippen molar-refractivity contribution in [1.29, 1.82) is 0 Å². The van der Waals surface area contributed by atoms with Gasteiger partial charge in [-0.25, -0.2) is 9.18 Å². The molecule has 0 radical (unpaired) electrons. The van der Waals surface area contributed by atoms with Gasteiger partial charge in [0.05, 0.1) is 11.4 Å². The summed E-state index contributed by atoms with van der Waals surface area (Å²) in [6, 6.07) is 12.2. The van der Waals surface area contributed by atoms with Crippen LogP contribution < -0.4 is 10.6 Å². The van der Waals surface area contributed by atoms with E-state index >= 15 is 0 Å². The summed E-state index contributed by atoms with van der Waals surface area (Å²) in [5.74, 6) is -0.462. The number of hydrogen-bond acceptors (Lipinski definition) is 4. The fourth-order valence-corrected chi connectivity index (χ4v) is 3.36. The van der Waals surface area contributed by atoms with Crippen molar-refractivity contribution < 1.29 is 19.1 Å². The van der Waals surface area contributed by atoms with Crippen LogP contribution in [0.3, 0.4) is 0 Å². The average Bonchev–Trinajstić information content (AvgIpc) is 3.51. The zero-order valence-electron chi connectivity index (χ0n) is 17.9. The Morgan fingerprint density at radius 3 is 2.66 bits per heavy atom. The quantitative estimate of drug-likeness (QED) is 0.491. The smallest absolute Gasteiger partial charge is 0.342 e. The van der Waals surface area contributed by atoms with E-state index in [4.69, 9.17) is 0 Å². The van der Waals surface area contributed by atoms with Crippen molar-refractivity contribution in [3.05, 3.63) is 65.6 Å². The van der Waals surface area contributed by atoms with E-state index in [1.165, 1.54) is 22.9 Å². The normalized spacial score (nSPS) is 13.2. The minimum atomic E-state index is -0.425. The molecule has 7 nitrogen and oxygen atoms in total. The standard InChI is InChI=1S/C24H25FN4O3/c1-14(2)23(31)27-18-8-9-22(30)19(11-18)20-12-21(16-6-7-16)29(28-20)24(32)26-13-15-4-3-5-17(25)10-15/h3-5,8-12,14,16,30H,6-7,13H2,1-2H3,(H,26,32)(H,27,31). The molecule has 0 aliphatic heterocycles. The Kier molecular flexibility index (Phi) is 5.94. The van der Waals surface area contributed by atoms with Crippen LogP contribution in [0.15, 0.2) is 48.5 Å². The minimum Gasteiger partial charge on any atom is -0.507 e. The maximum absolute atomic E-state index is 13.4. The number of carbonyl (C=O) groups is 2. The first-order chi connectivity index (χ1) is 15.3. The van der Waals surface area contributed by atoms with Gasteiger partial charge in [-0.15, -0.1) is 0 Å². The van der Waals surface area contributed by atoms with Crippen LogP contribution in [0.1, 0.15) is 43.9 Å². The molecule has 32 heavy (non-hydrogen) atoms. The second kappa shape index (κ2) is 8.82. The molecule has 1 aromatic heterocycles. The van der Waals surface area contributed by atoms with Gasteiger partial charge in [0, 0.05) is 29.6 Å². The molecule has 0 atom stereocenters. The Labute approximate surface area is 185 Å². The highest BCUT2D eigenvalue weighted by Gasteiger charge is 2.30. The minimum absolute atomic E-state index is 0.000267. The van der Waals surface area contributed by atoms with Crippen molar-refractivity contribution in [1.82, 2.24) is 15.1 Å². The van der Waals surface area contributed by atoms with Crippen molar-refractivity contribution >= 4 is 17.6 Å². The lowest BCUT2D eigenvalue weighted by Crippen LogP contribution is -2.30. The second-order valence-electron chi connectivity index (χ2n) is 8.31. The van der Waals surface area contributed by atoms with Gasteiger partial charge in [0.15, 0.2) is 0 Å². The van der Waals surface area contributed by atoms with Gasteiger partial charge in [-0.05, 0) is 54.8 Å². The van der Waals surface area contributed by atoms with Crippen molar-refractivity contribution in [2.24, 2.45) is 5.92 Å². The number of hydrogen-bond donors (Lipinski definition) is 3. The number of aromatic nitrogens is 2. The Morgan fingerprint density at radius 1 is 1.19 bits per heavy atom. The number of aromatic hydroxyl groups is 1. The number of carbonyl (C=O) groups excluding carboxylic acids is 2. The Bertz CT molecular complexity index is 1170. The average molecular weight is 436 g/mol. The van der Waals surface area contributed by atoms with Crippen LogP contribution >= 0.6 is 0 Å². The van der Waals surface area contributed by atoms with Gasteiger partial charge in [-0.1, -0.05) is 26.0 Å². The maximum Gasteiger partial charge on any atom is 0.342 e. The first-order valence-electron chi connectivity index (χ1n) is 10.6. The summed E-state index contributed by atoms with van der Waals surface area (Å²) in [7, 11) is 0. The molecule has 1 aliphatic rings. The molecular weight excluding hydrogens is 411 g/mol. The lowest BCUT2D eigenvalue weighted by Gasteiger charge is -2.10. The van der Waals surface area contributed by atoms with Crippen LogP contribution in [0.5, 0.6) is 5.75 Å². The summed E-state index contributed by atoms with van der Waals surface area (Å²) >= 11 is 0. The van der Waals surface area contributed by atoms with Crippen LogP contribution in [0.4, 0.5) is 14.9 Å². The molecule has 3 aromatic rings. The van der Waals surface area contributed by atoms with E-state index in [-0.39, 0.29) is 35.9 Å². The number of nitrogens with zero attached hydrogens (tertiary/aromatic N) is 2. The third kappa shape index (κ3) is 4.80. The largest absolute Gasteiger partial charge is 0.507 e. The number of anilines is 1.